The van der Waals surface area contributed by atoms with Gasteiger partial charge < -0.3 is 19.9 Å². The molecule has 2 aliphatic rings. The number of ether oxygens (including phenoxy) is 1. The van der Waals surface area contributed by atoms with Crippen molar-refractivity contribution in [2.75, 3.05) is 36.4 Å². The molecule has 2 amide bonds. The van der Waals surface area contributed by atoms with E-state index in [1.165, 1.54) is 0 Å². The van der Waals surface area contributed by atoms with Crippen LogP contribution in [-0.4, -0.2) is 59.2 Å². The lowest BCUT2D eigenvalue weighted by Crippen LogP contribution is -2.52. The monoisotopic (exact) mass is 491 g/mol. The van der Waals surface area contributed by atoms with Crippen LogP contribution in [0.4, 0.5) is 11.4 Å². The second kappa shape index (κ2) is 10.3. The Morgan fingerprint density at radius 2 is 1.77 bits per heavy atom. The van der Waals surface area contributed by atoms with Gasteiger partial charge in [0.15, 0.2) is 0 Å². The molecule has 1 N–H and O–H groups in total. The molecule has 0 spiro atoms. The minimum Gasteiger partial charge on any atom is -0.490 e. The lowest BCUT2D eigenvalue weighted by Gasteiger charge is -2.39. The minimum atomic E-state index is -0.0566. The fourth-order valence-corrected chi connectivity index (χ4v) is 4.55. The first-order valence-electron chi connectivity index (χ1n) is 11.7. The molecule has 0 aliphatic carbocycles. The van der Waals surface area contributed by atoms with Crippen molar-refractivity contribution in [2.24, 2.45) is 5.92 Å². The zero-order chi connectivity index (χ0) is 24.2. The fraction of sp³-hybridized carbons (Fsp3) is 0.308. The average Bonchev–Trinajstić information content (AvgIpc) is 2.85. The van der Waals surface area contributed by atoms with Crippen LogP contribution in [0.5, 0.6) is 5.75 Å². The molecular formula is C26H26ClN5O3. The Labute approximate surface area is 208 Å². The first-order valence-corrected chi connectivity index (χ1v) is 12.1. The highest BCUT2D eigenvalue weighted by Gasteiger charge is 2.33. The smallest absolute Gasteiger partial charge is 0.253 e. The molecule has 0 unspecified atom stereocenters. The Hall–Kier alpha value is -3.65. The predicted molar refractivity (Wildman–Crippen MR) is 134 cm³/mol. The van der Waals surface area contributed by atoms with Crippen LogP contribution >= 0.6 is 11.6 Å². The molecule has 3 heterocycles. The van der Waals surface area contributed by atoms with E-state index in [4.69, 9.17) is 16.3 Å². The van der Waals surface area contributed by atoms with Crippen molar-refractivity contribution in [3.8, 4) is 5.75 Å². The molecule has 8 nitrogen and oxygen atoms in total. The summed E-state index contributed by atoms with van der Waals surface area (Å²) in [6.07, 6.45) is 4.92. The van der Waals surface area contributed by atoms with Gasteiger partial charge in [0.1, 0.15) is 11.9 Å². The zero-order valence-corrected chi connectivity index (χ0v) is 19.9. The number of piperidine rings is 1. The number of hydrogen-bond donors (Lipinski definition) is 1. The van der Waals surface area contributed by atoms with E-state index in [1.807, 2.05) is 35.2 Å². The van der Waals surface area contributed by atoms with E-state index >= 15 is 0 Å². The number of halogens is 1. The van der Waals surface area contributed by atoms with Gasteiger partial charge >= 0.3 is 0 Å². The summed E-state index contributed by atoms with van der Waals surface area (Å²) < 4.78 is 6.12. The van der Waals surface area contributed by atoms with Crippen LogP contribution in [0.25, 0.3) is 0 Å². The van der Waals surface area contributed by atoms with Crippen LogP contribution in [0, 0.1) is 5.92 Å². The lowest BCUT2D eigenvalue weighted by molar-refractivity contribution is -0.120. The number of aromatic nitrogens is 2. The van der Waals surface area contributed by atoms with Gasteiger partial charge in [-0.15, -0.1) is 0 Å². The van der Waals surface area contributed by atoms with Crippen molar-refractivity contribution in [3.05, 3.63) is 77.6 Å². The van der Waals surface area contributed by atoms with Crippen LogP contribution < -0.4 is 15.0 Å². The molecular weight excluding hydrogens is 466 g/mol. The van der Waals surface area contributed by atoms with Gasteiger partial charge in [-0.25, -0.2) is 0 Å². The summed E-state index contributed by atoms with van der Waals surface area (Å²) in [7, 11) is 0. The molecule has 35 heavy (non-hydrogen) atoms. The molecule has 5 rings (SSSR count). The Kier molecular flexibility index (Phi) is 6.81. The molecule has 2 aliphatic heterocycles. The quantitative estimate of drug-likeness (QED) is 0.563. The highest BCUT2D eigenvalue weighted by molar-refractivity contribution is 6.30. The second-order valence-electron chi connectivity index (χ2n) is 8.84. The zero-order valence-electron chi connectivity index (χ0n) is 19.1. The first kappa shape index (κ1) is 23.1. The van der Waals surface area contributed by atoms with Crippen molar-refractivity contribution in [1.29, 1.82) is 0 Å². The largest absolute Gasteiger partial charge is 0.490 e. The van der Waals surface area contributed by atoms with Crippen molar-refractivity contribution in [2.45, 2.75) is 18.9 Å². The Bertz CT molecular complexity index is 1180. The van der Waals surface area contributed by atoms with Gasteiger partial charge in [-0.2, -0.15) is 10.2 Å². The summed E-state index contributed by atoms with van der Waals surface area (Å²) in [4.78, 5) is 29.2. The third-order valence-corrected chi connectivity index (χ3v) is 6.65. The molecule has 2 aromatic carbocycles. The van der Waals surface area contributed by atoms with Gasteiger partial charge in [0.25, 0.3) is 5.91 Å². The van der Waals surface area contributed by atoms with Gasteiger partial charge in [-0.1, -0.05) is 17.7 Å². The number of rotatable bonds is 6. The summed E-state index contributed by atoms with van der Waals surface area (Å²) in [6, 6.07) is 16.4. The van der Waals surface area contributed by atoms with Gasteiger partial charge in [-0.3, -0.25) is 9.59 Å². The van der Waals surface area contributed by atoms with Crippen LogP contribution in [0.1, 0.15) is 23.2 Å². The summed E-state index contributed by atoms with van der Waals surface area (Å²) in [5, 5.41) is 11.2. The minimum absolute atomic E-state index is 0.00179. The summed E-state index contributed by atoms with van der Waals surface area (Å²) in [6.45, 7) is 2.60. The predicted octanol–water partition coefficient (Wildman–Crippen LogP) is 3.89. The molecule has 0 bridgehead atoms. The molecule has 0 atom stereocenters. The molecule has 2 fully saturated rings. The summed E-state index contributed by atoms with van der Waals surface area (Å²) in [5.74, 6) is 0.702. The van der Waals surface area contributed by atoms with E-state index in [1.54, 1.807) is 36.7 Å². The first-order chi connectivity index (χ1) is 17.0. The van der Waals surface area contributed by atoms with E-state index in [2.05, 4.69) is 20.4 Å². The number of nitrogens with one attached hydrogen (secondary N) is 1. The Morgan fingerprint density at radius 3 is 2.46 bits per heavy atom. The number of likely N-dealkylation sites (tertiary alicyclic amines) is 1. The van der Waals surface area contributed by atoms with E-state index in [0.717, 1.165) is 30.0 Å². The normalized spacial score (nSPS) is 16.5. The Balaban J connectivity index is 1.06. The topological polar surface area (TPSA) is 87.7 Å². The molecule has 180 valence electrons. The van der Waals surface area contributed by atoms with Crippen molar-refractivity contribution in [1.82, 2.24) is 15.1 Å². The van der Waals surface area contributed by atoms with Crippen molar-refractivity contribution in [3.63, 3.8) is 0 Å². The van der Waals surface area contributed by atoms with E-state index in [-0.39, 0.29) is 23.8 Å². The third-order valence-electron chi connectivity index (χ3n) is 6.41. The molecule has 0 radical (unpaired) electrons. The van der Waals surface area contributed by atoms with Gasteiger partial charge in [0, 0.05) is 55.3 Å². The maximum Gasteiger partial charge on any atom is 0.253 e. The number of hydrogen-bond acceptors (Lipinski definition) is 6. The number of benzene rings is 2. The standard InChI is InChI=1S/C26H26ClN5O3/c27-20-3-1-2-18(14-20)26(34)31-12-9-24(10-13-31)35-23-6-4-21(5-7-23)30-25(33)19-16-32(17-19)22-8-11-28-29-15-22/h1-8,11,14-15,19,24H,9-10,12-13,16-17H2,(H,30,33). The highest BCUT2D eigenvalue weighted by Crippen LogP contribution is 2.26. The Morgan fingerprint density at radius 1 is 1.00 bits per heavy atom. The molecule has 1 aromatic heterocycles. The van der Waals surface area contributed by atoms with E-state index < -0.39 is 0 Å². The van der Waals surface area contributed by atoms with Crippen LogP contribution in [0.3, 0.4) is 0 Å². The lowest BCUT2D eigenvalue weighted by atomic mass is 9.98. The highest BCUT2D eigenvalue weighted by atomic mass is 35.5. The summed E-state index contributed by atoms with van der Waals surface area (Å²) in [5.41, 5.74) is 2.33. The number of amides is 2. The molecule has 0 saturated carbocycles. The van der Waals surface area contributed by atoms with Gasteiger partial charge in [-0.05, 0) is 48.5 Å². The third kappa shape index (κ3) is 5.54. The SMILES string of the molecule is O=C(Nc1ccc(OC2CCN(C(=O)c3cccc(Cl)c3)CC2)cc1)C1CN(c2ccnnc2)C1. The van der Waals surface area contributed by atoms with Gasteiger partial charge in [0.2, 0.25) is 5.91 Å². The molecule has 3 aromatic rings. The molecule has 2 saturated heterocycles. The molecule has 9 heteroatoms. The number of carbonyl (C=O) groups is 2. The number of nitrogens with zero attached hydrogens (tertiary/aromatic N) is 4. The van der Waals surface area contributed by atoms with Gasteiger partial charge in [0.05, 0.1) is 24.0 Å². The number of anilines is 2. The van der Waals surface area contributed by atoms with Crippen molar-refractivity contribution >= 4 is 34.8 Å². The van der Waals surface area contributed by atoms with Crippen LogP contribution in [0.15, 0.2) is 67.0 Å². The van der Waals surface area contributed by atoms with Crippen LogP contribution in [-0.2, 0) is 4.79 Å². The van der Waals surface area contributed by atoms with E-state index in [0.29, 0.717) is 36.8 Å². The number of carbonyl (C=O) groups excluding carboxylic acids is 2. The second-order valence-corrected chi connectivity index (χ2v) is 9.27. The van der Waals surface area contributed by atoms with E-state index in [9.17, 15) is 9.59 Å². The van der Waals surface area contributed by atoms with Crippen molar-refractivity contribution < 1.29 is 14.3 Å². The summed E-state index contributed by atoms with van der Waals surface area (Å²) >= 11 is 6.01. The maximum atomic E-state index is 12.7. The average molecular weight is 492 g/mol. The maximum absolute atomic E-state index is 12.7. The van der Waals surface area contributed by atoms with Crippen LogP contribution in [0.2, 0.25) is 5.02 Å². The fourth-order valence-electron chi connectivity index (χ4n) is 4.36.